The van der Waals surface area contributed by atoms with Crippen molar-refractivity contribution in [3.05, 3.63) is 25.3 Å². The van der Waals surface area contributed by atoms with Crippen molar-refractivity contribution in [3.63, 3.8) is 0 Å². The average Bonchev–Trinajstić information content (AvgIpc) is 2.27. The normalized spacial score (nSPS) is 16.9. The van der Waals surface area contributed by atoms with Gasteiger partial charge in [-0.2, -0.15) is 0 Å². The fourth-order valence-corrected chi connectivity index (χ4v) is 1.53. The zero-order valence-electron chi connectivity index (χ0n) is 10.4. The maximum Gasteiger partial charge on any atom is 0.328 e. The number of hydrogen-bond acceptors (Lipinski definition) is 4. The Balaban J connectivity index is 0.000000873. The molecule has 3 N–H and O–H groups in total. The third kappa shape index (κ3) is 3.53. The van der Waals surface area contributed by atoms with Crippen LogP contribution in [0.3, 0.4) is 0 Å². The quantitative estimate of drug-likeness (QED) is 0.502. The lowest BCUT2D eigenvalue weighted by Crippen LogP contribution is -2.62. The highest BCUT2D eigenvalue weighted by atomic mass is 16.2. The van der Waals surface area contributed by atoms with Crippen LogP contribution in [0, 0.1) is 5.41 Å². The van der Waals surface area contributed by atoms with Gasteiger partial charge in [0, 0.05) is 6.61 Å². The van der Waals surface area contributed by atoms with Crippen LogP contribution >= 0.6 is 0 Å². The third-order valence-corrected chi connectivity index (χ3v) is 2.31. The molecule has 0 unspecified atom stereocenters. The second kappa shape index (κ2) is 7.39. The van der Waals surface area contributed by atoms with Crippen molar-refractivity contribution >= 4 is 17.8 Å². The number of aliphatic hydroxyl groups excluding tert-OH is 1. The van der Waals surface area contributed by atoms with Gasteiger partial charge in [0.05, 0.1) is 0 Å². The molecule has 4 amide bonds. The Morgan fingerprint density at radius 3 is 1.72 bits per heavy atom. The highest BCUT2D eigenvalue weighted by Gasteiger charge is 2.48. The Morgan fingerprint density at radius 2 is 1.44 bits per heavy atom. The molecule has 18 heavy (non-hydrogen) atoms. The van der Waals surface area contributed by atoms with Gasteiger partial charge in [0.15, 0.2) is 0 Å². The number of aliphatic hydroxyl groups is 1. The number of nitrogens with one attached hydrogen (secondary N) is 2. The van der Waals surface area contributed by atoms with E-state index in [4.69, 9.17) is 5.11 Å². The molecule has 0 saturated carbocycles. The standard InChI is InChI=1S/C10H12N2O3.C2H6O/c1-3-5-10(6-4-2)7(13)11-9(15)12-8(10)14;1-2-3/h3-4H,1-2,5-6H2,(H2,11,12,13,14,15);3H,2H2,1H3. The molecule has 1 saturated heterocycles. The maximum atomic E-state index is 11.6. The summed E-state index contributed by atoms with van der Waals surface area (Å²) in [7, 11) is 0. The number of allylic oxidation sites excluding steroid dienone is 2. The van der Waals surface area contributed by atoms with Crippen molar-refractivity contribution < 1.29 is 19.5 Å². The van der Waals surface area contributed by atoms with Crippen LogP contribution in [0.4, 0.5) is 4.79 Å². The highest BCUT2D eigenvalue weighted by molar-refractivity contribution is 6.19. The van der Waals surface area contributed by atoms with E-state index in [0.29, 0.717) is 0 Å². The van der Waals surface area contributed by atoms with E-state index in [2.05, 4.69) is 23.8 Å². The average molecular weight is 254 g/mol. The van der Waals surface area contributed by atoms with Gasteiger partial charge in [0.2, 0.25) is 11.8 Å². The molecular weight excluding hydrogens is 236 g/mol. The summed E-state index contributed by atoms with van der Waals surface area (Å²) in [5.74, 6) is -1.20. The Kier molecular flexibility index (Phi) is 6.59. The summed E-state index contributed by atoms with van der Waals surface area (Å²) in [4.78, 5) is 34.1. The van der Waals surface area contributed by atoms with Crippen LogP contribution < -0.4 is 10.6 Å². The minimum Gasteiger partial charge on any atom is -0.397 e. The number of carbonyl (C=O) groups excluding carboxylic acids is 3. The summed E-state index contributed by atoms with van der Waals surface area (Å²) < 4.78 is 0. The lowest BCUT2D eigenvalue weighted by molar-refractivity contribution is -0.144. The maximum absolute atomic E-state index is 11.6. The van der Waals surface area contributed by atoms with Crippen LogP contribution in [0.1, 0.15) is 19.8 Å². The van der Waals surface area contributed by atoms with Crippen molar-refractivity contribution in [1.29, 1.82) is 0 Å². The first-order valence-corrected chi connectivity index (χ1v) is 5.48. The third-order valence-electron chi connectivity index (χ3n) is 2.31. The molecule has 0 radical (unpaired) electrons. The predicted molar refractivity (Wildman–Crippen MR) is 66.5 cm³/mol. The monoisotopic (exact) mass is 254 g/mol. The molecule has 0 aliphatic carbocycles. The van der Waals surface area contributed by atoms with E-state index >= 15 is 0 Å². The van der Waals surface area contributed by atoms with E-state index < -0.39 is 23.3 Å². The molecule has 1 rings (SSSR count). The van der Waals surface area contributed by atoms with E-state index in [-0.39, 0.29) is 19.4 Å². The molecule has 0 aromatic heterocycles. The van der Waals surface area contributed by atoms with E-state index in [0.717, 1.165) is 0 Å². The number of carbonyl (C=O) groups is 3. The molecule has 6 heteroatoms. The Labute approximate surface area is 106 Å². The topological polar surface area (TPSA) is 95.5 Å². The van der Waals surface area contributed by atoms with Crippen molar-refractivity contribution in [2.45, 2.75) is 19.8 Å². The van der Waals surface area contributed by atoms with Gasteiger partial charge in [0.1, 0.15) is 5.41 Å². The summed E-state index contributed by atoms with van der Waals surface area (Å²) in [5.41, 5.74) is -1.28. The Morgan fingerprint density at radius 1 is 1.11 bits per heavy atom. The van der Waals surface area contributed by atoms with Crippen molar-refractivity contribution in [3.8, 4) is 0 Å². The van der Waals surface area contributed by atoms with Crippen molar-refractivity contribution in [2.24, 2.45) is 5.41 Å². The van der Waals surface area contributed by atoms with Crippen LogP contribution in [-0.4, -0.2) is 29.6 Å². The number of imide groups is 2. The lowest BCUT2D eigenvalue weighted by atomic mass is 9.78. The van der Waals surface area contributed by atoms with E-state index in [1.54, 1.807) is 6.92 Å². The van der Waals surface area contributed by atoms with Gasteiger partial charge in [-0.15, -0.1) is 13.2 Å². The molecule has 0 aromatic rings. The fourth-order valence-electron chi connectivity index (χ4n) is 1.53. The minimum atomic E-state index is -1.28. The number of barbiturate groups is 1. The van der Waals surface area contributed by atoms with Crippen LogP contribution in [0.15, 0.2) is 25.3 Å². The van der Waals surface area contributed by atoms with Gasteiger partial charge in [-0.1, -0.05) is 12.2 Å². The number of rotatable bonds is 4. The first-order valence-electron chi connectivity index (χ1n) is 5.48. The minimum absolute atomic E-state index is 0.171. The van der Waals surface area contributed by atoms with Gasteiger partial charge < -0.3 is 5.11 Å². The molecule has 1 fully saturated rings. The van der Waals surface area contributed by atoms with E-state index in [9.17, 15) is 14.4 Å². The van der Waals surface area contributed by atoms with Crippen LogP contribution in [-0.2, 0) is 9.59 Å². The van der Waals surface area contributed by atoms with Gasteiger partial charge >= 0.3 is 6.03 Å². The molecule has 0 bridgehead atoms. The molecular formula is C12H18N2O4. The summed E-state index contributed by atoms with van der Waals surface area (Å²) >= 11 is 0. The molecule has 1 aliphatic rings. The van der Waals surface area contributed by atoms with E-state index in [1.165, 1.54) is 12.2 Å². The van der Waals surface area contributed by atoms with Crippen LogP contribution in [0.2, 0.25) is 0 Å². The summed E-state index contributed by atoms with van der Waals surface area (Å²) in [6.45, 7) is 8.91. The fraction of sp³-hybridized carbons (Fsp3) is 0.417. The van der Waals surface area contributed by atoms with Gasteiger partial charge in [-0.25, -0.2) is 4.79 Å². The SMILES string of the molecule is C=CCC1(CC=C)C(=O)NC(=O)NC1=O.CCO. The highest BCUT2D eigenvalue weighted by Crippen LogP contribution is 2.30. The first-order chi connectivity index (χ1) is 8.48. The number of amides is 4. The second-order valence-electron chi connectivity index (χ2n) is 3.62. The zero-order valence-corrected chi connectivity index (χ0v) is 10.4. The smallest absolute Gasteiger partial charge is 0.328 e. The number of urea groups is 1. The largest absolute Gasteiger partial charge is 0.397 e. The Hall–Kier alpha value is -1.95. The first kappa shape index (κ1) is 16.1. The molecule has 0 atom stereocenters. The van der Waals surface area contributed by atoms with Gasteiger partial charge in [-0.05, 0) is 19.8 Å². The second-order valence-corrected chi connectivity index (χ2v) is 3.62. The van der Waals surface area contributed by atoms with Crippen LogP contribution in [0.5, 0.6) is 0 Å². The van der Waals surface area contributed by atoms with Gasteiger partial charge in [0.25, 0.3) is 0 Å². The van der Waals surface area contributed by atoms with E-state index in [1.807, 2.05) is 0 Å². The molecule has 1 aliphatic heterocycles. The summed E-state index contributed by atoms with van der Waals surface area (Å²) in [6.07, 6.45) is 3.28. The predicted octanol–water partition coefficient (Wildman–Crippen LogP) is 0.490. The molecule has 100 valence electrons. The molecule has 6 nitrogen and oxygen atoms in total. The van der Waals surface area contributed by atoms with Crippen molar-refractivity contribution in [2.75, 3.05) is 6.61 Å². The summed E-state index contributed by atoms with van der Waals surface area (Å²) in [5, 5.41) is 11.7. The number of hydrogen-bond donors (Lipinski definition) is 3. The summed E-state index contributed by atoms with van der Waals surface area (Å²) in [6, 6.07) is -0.784. The van der Waals surface area contributed by atoms with Crippen molar-refractivity contribution in [1.82, 2.24) is 10.6 Å². The van der Waals surface area contributed by atoms with Crippen LogP contribution in [0.25, 0.3) is 0 Å². The van der Waals surface area contributed by atoms with Gasteiger partial charge in [-0.3, -0.25) is 20.2 Å². The molecule has 1 heterocycles. The molecule has 0 aromatic carbocycles. The Bertz CT molecular complexity index is 331. The zero-order chi connectivity index (χ0) is 14.2. The lowest BCUT2D eigenvalue weighted by Gasteiger charge is -2.32. The molecule has 0 spiro atoms.